The van der Waals surface area contributed by atoms with Gasteiger partial charge in [0.1, 0.15) is 11.4 Å². The lowest BCUT2D eigenvalue weighted by molar-refractivity contribution is 0.0694. The highest BCUT2D eigenvalue weighted by Crippen LogP contribution is 2.20. The number of hydrogen-bond acceptors (Lipinski definition) is 2. The van der Waals surface area contributed by atoms with Gasteiger partial charge in [0.15, 0.2) is 0 Å². The van der Waals surface area contributed by atoms with Crippen LogP contribution in [0.2, 0.25) is 0 Å². The molecule has 2 aromatic rings. The molecule has 0 aliphatic rings. The molecule has 0 aliphatic heterocycles. The van der Waals surface area contributed by atoms with Crippen molar-refractivity contribution in [2.75, 3.05) is 0 Å². The Hall–Kier alpha value is -1.95. The standard InChI is InChI=1S/C13H9BrFNO3/c14-11-8(3-1-5-10(11)15)7-16-6-2-4-9(12(16)17)13(18)19/h1-6H,7H2,(H,18,19). The molecule has 0 atom stereocenters. The van der Waals surface area contributed by atoms with E-state index in [1.807, 2.05) is 0 Å². The maximum absolute atomic E-state index is 13.4. The third kappa shape index (κ3) is 2.73. The van der Waals surface area contributed by atoms with E-state index in [1.165, 1.54) is 35.0 Å². The number of carbonyl (C=O) groups is 1. The average molecular weight is 326 g/mol. The Labute approximate surface area is 116 Å². The summed E-state index contributed by atoms with van der Waals surface area (Å²) in [7, 11) is 0. The van der Waals surface area contributed by atoms with E-state index in [1.54, 1.807) is 6.07 Å². The highest BCUT2D eigenvalue weighted by molar-refractivity contribution is 9.10. The Morgan fingerprint density at radius 1 is 1.32 bits per heavy atom. The Balaban J connectivity index is 2.45. The number of nitrogens with zero attached hydrogens (tertiary/aromatic N) is 1. The van der Waals surface area contributed by atoms with Crippen LogP contribution < -0.4 is 5.56 Å². The summed E-state index contributed by atoms with van der Waals surface area (Å²) in [5.41, 5.74) is -0.370. The zero-order valence-corrected chi connectivity index (χ0v) is 11.2. The SMILES string of the molecule is O=C(O)c1cccn(Cc2cccc(F)c2Br)c1=O. The van der Waals surface area contributed by atoms with Crippen molar-refractivity contribution in [2.45, 2.75) is 6.54 Å². The second-order valence-electron chi connectivity index (χ2n) is 3.87. The first-order valence-corrected chi connectivity index (χ1v) is 6.15. The number of carboxylic acids is 1. The number of hydrogen-bond donors (Lipinski definition) is 1. The van der Waals surface area contributed by atoms with Crippen molar-refractivity contribution >= 4 is 21.9 Å². The second kappa shape index (κ2) is 5.36. The minimum absolute atomic E-state index is 0.0955. The lowest BCUT2D eigenvalue weighted by atomic mass is 10.2. The fraction of sp³-hybridized carbons (Fsp3) is 0.0769. The first-order chi connectivity index (χ1) is 9.00. The Morgan fingerprint density at radius 2 is 2.05 bits per heavy atom. The molecule has 0 bridgehead atoms. The van der Waals surface area contributed by atoms with Gasteiger partial charge < -0.3 is 9.67 Å². The van der Waals surface area contributed by atoms with Crippen molar-refractivity contribution < 1.29 is 14.3 Å². The first kappa shape index (κ1) is 13.5. The van der Waals surface area contributed by atoms with Crippen LogP contribution in [-0.4, -0.2) is 15.6 Å². The van der Waals surface area contributed by atoms with Crippen molar-refractivity contribution in [3.05, 3.63) is 68.3 Å². The molecule has 0 amide bonds. The van der Waals surface area contributed by atoms with Crippen LogP contribution in [0.4, 0.5) is 4.39 Å². The molecule has 0 unspecified atom stereocenters. The monoisotopic (exact) mass is 325 g/mol. The molecule has 0 saturated heterocycles. The molecular weight excluding hydrogens is 317 g/mol. The number of rotatable bonds is 3. The first-order valence-electron chi connectivity index (χ1n) is 5.36. The molecule has 4 nitrogen and oxygen atoms in total. The van der Waals surface area contributed by atoms with Crippen molar-refractivity contribution in [3.8, 4) is 0 Å². The average Bonchev–Trinajstić information content (AvgIpc) is 2.37. The van der Waals surface area contributed by atoms with Crippen LogP contribution in [0.5, 0.6) is 0 Å². The smallest absolute Gasteiger partial charge is 0.341 e. The summed E-state index contributed by atoms with van der Waals surface area (Å²) in [6, 6.07) is 7.19. The largest absolute Gasteiger partial charge is 0.477 e. The molecule has 2 rings (SSSR count). The molecule has 0 fully saturated rings. The van der Waals surface area contributed by atoms with Gasteiger partial charge in [0, 0.05) is 6.20 Å². The van der Waals surface area contributed by atoms with Gasteiger partial charge in [0.2, 0.25) is 0 Å². The molecule has 1 aromatic heterocycles. The van der Waals surface area contributed by atoms with Crippen LogP contribution in [0.1, 0.15) is 15.9 Å². The summed E-state index contributed by atoms with van der Waals surface area (Å²) in [4.78, 5) is 22.7. The maximum atomic E-state index is 13.4. The summed E-state index contributed by atoms with van der Waals surface area (Å²) in [5.74, 6) is -1.71. The number of aromatic carboxylic acids is 1. The topological polar surface area (TPSA) is 59.3 Å². The molecule has 6 heteroatoms. The minimum Gasteiger partial charge on any atom is -0.477 e. The molecule has 1 aromatic carbocycles. The van der Waals surface area contributed by atoms with Crippen molar-refractivity contribution in [1.29, 1.82) is 0 Å². The fourth-order valence-electron chi connectivity index (χ4n) is 1.68. The normalized spacial score (nSPS) is 10.4. The van der Waals surface area contributed by atoms with Crippen LogP contribution in [0.25, 0.3) is 0 Å². The number of pyridine rings is 1. The number of halogens is 2. The third-order valence-electron chi connectivity index (χ3n) is 2.62. The maximum Gasteiger partial charge on any atom is 0.341 e. The number of carboxylic acid groups (broad SMARTS) is 1. The molecule has 1 heterocycles. The van der Waals surface area contributed by atoms with Crippen molar-refractivity contribution in [3.63, 3.8) is 0 Å². The molecule has 0 aliphatic carbocycles. The molecule has 98 valence electrons. The van der Waals surface area contributed by atoms with E-state index in [9.17, 15) is 14.0 Å². The van der Waals surface area contributed by atoms with Gasteiger partial charge in [-0.15, -0.1) is 0 Å². The van der Waals surface area contributed by atoms with E-state index in [0.717, 1.165) is 0 Å². The quantitative estimate of drug-likeness (QED) is 0.943. The molecule has 1 N–H and O–H groups in total. The highest BCUT2D eigenvalue weighted by atomic mass is 79.9. The van der Waals surface area contributed by atoms with Crippen molar-refractivity contribution in [2.24, 2.45) is 0 Å². The van der Waals surface area contributed by atoms with E-state index in [-0.39, 0.29) is 16.6 Å². The predicted octanol–water partition coefficient (Wildman–Crippen LogP) is 2.50. The number of benzene rings is 1. The zero-order chi connectivity index (χ0) is 14.0. The third-order valence-corrected chi connectivity index (χ3v) is 3.51. The van der Waals surface area contributed by atoms with E-state index in [2.05, 4.69) is 15.9 Å². The van der Waals surface area contributed by atoms with Crippen LogP contribution in [0, 0.1) is 5.82 Å². The lowest BCUT2D eigenvalue weighted by Gasteiger charge is -2.08. The Morgan fingerprint density at radius 3 is 2.74 bits per heavy atom. The molecular formula is C13H9BrFNO3. The summed E-state index contributed by atoms with van der Waals surface area (Å²) >= 11 is 3.10. The van der Waals surface area contributed by atoms with Crippen molar-refractivity contribution in [1.82, 2.24) is 4.57 Å². The van der Waals surface area contributed by atoms with Gasteiger partial charge in [-0.25, -0.2) is 9.18 Å². The van der Waals surface area contributed by atoms with Crippen LogP contribution in [0.3, 0.4) is 0 Å². The van der Waals surface area contributed by atoms with Gasteiger partial charge in [-0.2, -0.15) is 0 Å². The Bertz CT molecular complexity index is 697. The van der Waals surface area contributed by atoms with Crippen LogP contribution >= 0.6 is 15.9 Å². The van der Waals surface area contributed by atoms with E-state index >= 15 is 0 Å². The van der Waals surface area contributed by atoms with Gasteiger partial charge in [0.25, 0.3) is 5.56 Å². The molecule has 0 radical (unpaired) electrons. The van der Waals surface area contributed by atoms with E-state index in [0.29, 0.717) is 5.56 Å². The lowest BCUT2D eigenvalue weighted by Crippen LogP contribution is -2.26. The van der Waals surface area contributed by atoms with E-state index in [4.69, 9.17) is 5.11 Å². The second-order valence-corrected chi connectivity index (χ2v) is 4.67. The predicted molar refractivity (Wildman–Crippen MR) is 70.9 cm³/mol. The molecule has 0 saturated carbocycles. The van der Waals surface area contributed by atoms with E-state index < -0.39 is 17.3 Å². The fourth-order valence-corrected chi connectivity index (χ4v) is 2.07. The summed E-state index contributed by atoms with van der Waals surface area (Å²) < 4.78 is 14.9. The van der Waals surface area contributed by atoms with Gasteiger partial charge in [-0.1, -0.05) is 12.1 Å². The zero-order valence-electron chi connectivity index (χ0n) is 9.64. The van der Waals surface area contributed by atoms with Crippen LogP contribution in [-0.2, 0) is 6.54 Å². The highest BCUT2D eigenvalue weighted by Gasteiger charge is 2.12. The summed E-state index contributed by atoms with van der Waals surface area (Å²) in [5, 5.41) is 8.87. The van der Waals surface area contributed by atoms with Gasteiger partial charge in [-0.05, 0) is 39.7 Å². The number of aromatic nitrogens is 1. The van der Waals surface area contributed by atoms with Gasteiger partial charge >= 0.3 is 5.97 Å². The molecule has 19 heavy (non-hydrogen) atoms. The molecule has 0 spiro atoms. The summed E-state index contributed by atoms with van der Waals surface area (Å²) in [6.07, 6.45) is 1.46. The van der Waals surface area contributed by atoms with Gasteiger partial charge in [-0.3, -0.25) is 4.79 Å². The Kier molecular flexibility index (Phi) is 3.80. The van der Waals surface area contributed by atoms with Gasteiger partial charge in [0.05, 0.1) is 11.0 Å². The minimum atomic E-state index is -1.28. The summed E-state index contributed by atoms with van der Waals surface area (Å²) in [6.45, 7) is 0.0955. The van der Waals surface area contributed by atoms with Crippen LogP contribution in [0.15, 0.2) is 45.8 Å².